The molecule has 0 radical (unpaired) electrons. The van der Waals surface area contributed by atoms with Crippen LogP contribution >= 0.6 is 0 Å². The van der Waals surface area contributed by atoms with Gasteiger partial charge in [-0.2, -0.15) is 0 Å². The highest BCUT2D eigenvalue weighted by Gasteiger charge is 2.26. The van der Waals surface area contributed by atoms with Crippen LogP contribution in [0.3, 0.4) is 0 Å². The second-order valence-electron chi connectivity index (χ2n) is 6.92. The maximum atomic E-state index is 14.1. The summed E-state index contributed by atoms with van der Waals surface area (Å²) in [4.78, 5) is 22.3. The number of carboxylic acid groups (broad SMARTS) is 1. The van der Waals surface area contributed by atoms with Crippen LogP contribution in [0.25, 0.3) is 11.4 Å². The van der Waals surface area contributed by atoms with Crippen molar-refractivity contribution in [3.63, 3.8) is 0 Å². The zero-order valence-electron chi connectivity index (χ0n) is 16.1. The molecule has 4 rings (SSSR count). The van der Waals surface area contributed by atoms with E-state index in [1.54, 1.807) is 12.1 Å². The third-order valence-electron chi connectivity index (χ3n) is 5.05. The fraction of sp³-hybridized carbons (Fsp3) is 0.227. The largest absolute Gasteiger partial charge is 0.494 e. The van der Waals surface area contributed by atoms with E-state index in [1.807, 2.05) is 31.2 Å². The summed E-state index contributed by atoms with van der Waals surface area (Å²) in [6.45, 7) is 2.69. The van der Waals surface area contributed by atoms with Crippen molar-refractivity contribution >= 4 is 17.5 Å². The molecule has 0 saturated heterocycles. The number of carboxylic acids is 1. The Labute approximate surface area is 167 Å². The summed E-state index contributed by atoms with van der Waals surface area (Å²) in [6, 6.07) is 12.1. The molecule has 0 atom stereocenters. The number of rotatable bonds is 5. The van der Waals surface area contributed by atoms with Crippen molar-refractivity contribution in [3.05, 3.63) is 65.1 Å². The number of fused-ring (bicyclic) bond motifs is 1. The molecule has 7 heteroatoms. The van der Waals surface area contributed by atoms with Gasteiger partial charge in [0.25, 0.3) is 0 Å². The predicted octanol–water partition coefficient (Wildman–Crippen LogP) is 3.92. The van der Waals surface area contributed by atoms with Crippen LogP contribution in [0.15, 0.2) is 42.5 Å². The molecule has 2 aromatic carbocycles. The summed E-state index contributed by atoms with van der Waals surface area (Å²) in [5.41, 5.74) is 4.19. The first-order valence-corrected chi connectivity index (χ1v) is 9.26. The maximum Gasteiger partial charge on any atom is 0.307 e. The van der Waals surface area contributed by atoms with Crippen LogP contribution in [-0.2, 0) is 17.6 Å². The Balaban J connectivity index is 1.70. The zero-order valence-corrected chi connectivity index (χ0v) is 16.1. The number of aliphatic carboxylic acids is 1. The Morgan fingerprint density at radius 1 is 1.21 bits per heavy atom. The van der Waals surface area contributed by atoms with E-state index in [-0.39, 0.29) is 12.2 Å². The van der Waals surface area contributed by atoms with Gasteiger partial charge >= 0.3 is 5.97 Å². The smallest absolute Gasteiger partial charge is 0.307 e. The van der Waals surface area contributed by atoms with E-state index in [0.29, 0.717) is 11.4 Å². The molecule has 6 nitrogen and oxygen atoms in total. The van der Waals surface area contributed by atoms with E-state index in [0.717, 1.165) is 41.3 Å². The Bertz CT molecular complexity index is 1080. The number of halogens is 1. The van der Waals surface area contributed by atoms with E-state index < -0.39 is 11.8 Å². The number of nitrogens with zero attached hydrogens (tertiary/aromatic N) is 3. The third kappa shape index (κ3) is 3.63. The molecule has 1 N–H and O–H groups in total. The minimum Gasteiger partial charge on any atom is -0.494 e. The summed E-state index contributed by atoms with van der Waals surface area (Å²) in [6.07, 6.45) is 0.806. The van der Waals surface area contributed by atoms with Crippen molar-refractivity contribution in [3.8, 4) is 17.1 Å². The summed E-state index contributed by atoms with van der Waals surface area (Å²) >= 11 is 0. The van der Waals surface area contributed by atoms with Gasteiger partial charge in [0.1, 0.15) is 5.82 Å². The Kier molecular flexibility index (Phi) is 4.88. The van der Waals surface area contributed by atoms with Crippen LogP contribution in [0.2, 0.25) is 0 Å². The lowest BCUT2D eigenvalue weighted by Gasteiger charge is -2.19. The molecule has 0 spiro atoms. The van der Waals surface area contributed by atoms with E-state index in [4.69, 9.17) is 14.8 Å². The number of hydrogen-bond donors (Lipinski definition) is 1. The minimum atomic E-state index is -0.857. The van der Waals surface area contributed by atoms with Gasteiger partial charge in [-0.3, -0.25) is 4.79 Å². The van der Waals surface area contributed by atoms with E-state index in [1.165, 1.54) is 13.2 Å². The molecule has 0 aliphatic carbocycles. The molecule has 1 aromatic heterocycles. The molecule has 2 heterocycles. The van der Waals surface area contributed by atoms with Crippen LogP contribution < -0.4 is 9.64 Å². The van der Waals surface area contributed by atoms with Crippen LogP contribution in [0.1, 0.15) is 16.8 Å². The quantitative estimate of drug-likeness (QED) is 0.708. The van der Waals surface area contributed by atoms with Gasteiger partial charge in [-0.25, -0.2) is 14.4 Å². The normalized spacial score (nSPS) is 12.7. The number of carbonyl (C=O) groups is 1. The molecule has 0 fully saturated rings. The second-order valence-corrected chi connectivity index (χ2v) is 6.92. The first kappa shape index (κ1) is 18.9. The fourth-order valence-corrected chi connectivity index (χ4v) is 3.58. The van der Waals surface area contributed by atoms with Gasteiger partial charge in [-0.05, 0) is 49.2 Å². The molecule has 0 unspecified atom stereocenters. The van der Waals surface area contributed by atoms with Gasteiger partial charge in [0.2, 0.25) is 0 Å². The lowest BCUT2D eigenvalue weighted by molar-refractivity contribution is -0.136. The monoisotopic (exact) mass is 393 g/mol. The first-order valence-electron chi connectivity index (χ1n) is 9.26. The molecule has 0 saturated carbocycles. The summed E-state index contributed by atoms with van der Waals surface area (Å²) in [5, 5.41) is 8.94. The zero-order chi connectivity index (χ0) is 20.5. The number of methoxy groups -OCH3 is 1. The van der Waals surface area contributed by atoms with Crippen LogP contribution in [-0.4, -0.2) is 34.7 Å². The number of aryl methyl sites for hydroxylation is 1. The standard InChI is InChI=1S/C22H20FN3O3/c1-13-17-9-10-26(16-6-3-14(4-7-16)11-20(27)28)22(17)25-21(24-13)15-5-8-19(29-2)18(23)12-15/h3-8,12H,9-11H2,1-2H3,(H,27,28). The van der Waals surface area contributed by atoms with Crippen LogP contribution in [0.4, 0.5) is 15.9 Å². The average Bonchev–Trinajstić information content (AvgIpc) is 3.12. The number of anilines is 2. The van der Waals surface area contributed by atoms with Crippen LogP contribution in [0.5, 0.6) is 5.75 Å². The van der Waals surface area contributed by atoms with E-state index >= 15 is 0 Å². The average molecular weight is 393 g/mol. The van der Waals surface area contributed by atoms with Crippen molar-refractivity contribution in [1.29, 1.82) is 0 Å². The van der Waals surface area contributed by atoms with Crippen molar-refractivity contribution in [2.45, 2.75) is 19.8 Å². The topological polar surface area (TPSA) is 75.6 Å². The molecule has 148 valence electrons. The highest BCUT2D eigenvalue weighted by atomic mass is 19.1. The number of ether oxygens (including phenoxy) is 1. The van der Waals surface area contributed by atoms with Gasteiger partial charge in [-0.15, -0.1) is 0 Å². The van der Waals surface area contributed by atoms with Gasteiger partial charge in [0, 0.05) is 29.1 Å². The molecule has 3 aromatic rings. The predicted molar refractivity (Wildman–Crippen MR) is 107 cm³/mol. The van der Waals surface area contributed by atoms with Gasteiger partial charge < -0.3 is 14.7 Å². The van der Waals surface area contributed by atoms with Crippen molar-refractivity contribution in [2.24, 2.45) is 0 Å². The molecule has 1 aliphatic heterocycles. The second kappa shape index (κ2) is 7.50. The van der Waals surface area contributed by atoms with Crippen molar-refractivity contribution in [2.75, 3.05) is 18.6 Å². The first-order chi connectivity index (χ1) is 14.0. The summed E-state index contributed by atoms with van der Waals surface area (Å²) < 4.78 is 19.1. The Hall–Kier alpha value is -3.48. The molecular formula is C22H20FN3O3. The van der Waals surface area contributed by atoms with Crippen LogP contribution in [0, 0.1) is 12.7 Å². The van der Waals surface area contributed by atoms with Gasteiger partial charge in [0.15, 0.2) is 17.4 Å². The van der Waals surface area contributed by atoms with E-state index in [2.05, 4.69) is 9.88 Å². The van der Waals surface area contributed by atoms with Gasteiger partial charge in [-0.1, -0.05) is 12.1 Å². The van der Waals surface area contributed by atoms with E-state index in [9.17, 15) is 9.18 Å². The maximum absolute atomic E-state index is 14.1. The number of benzene rings is 2. The number of aromatic nitrogens is 2. The summed E-state index contributed by atoms with van der Waals surface area (Å²) in [5.74, 6) is 0.114. The molecule has 1 aliphatic rings. The lowest BCUT2D eigenvalue weighted by atomic mass is 10.1. The highest BCUT2D eigenvalue weighted by Crippen LogP contribution is 2.36. The fourth-order valence-electron chi connectivity index (χ4n) is 3.58. The lowest BCUT2D eigenvalue weighted by Crippen LogP contribution is -2.15. The minimum absolute atomic E-state index is 0.00860. The van der Waals surface area contributed by atoms with Crippen molar-refractivity contribution in [1.82, 2.24) is 9.97 Å². The Morgan fingerprint density at radius 2 is 1.97 bits per heavy atom. The molecule has 0 amide bonds. The molecule has 0 bridgehead atoms. The van der Waals surface area contributed by atoms with Gasteiger partial charge in [0.05, 0.1) is 13.5 Å². The highest BCUT2D eigenvalue weighted by molar-refractivity contribution is 5.72. The molecule has 29 heavy (non-hydrogen) atoms. The summed E-state index contributed by atoms with van der Waals surface area (Å²) in [7, 11) is 1.42. The SMILES string of the molecule is COc1ccc(-c2nc(C)c3c(n2)N(c2ccc(CC(=O)O)cc2)CC3)cc1F. The number of hydrogen-bond acceptors (Lipinski definition) is 5. The molecular weight excluding hydrogens is 373 g/mol. The third-order valence-corrected chi connectivity index (χ3v) is 5.05. The Morgan fingerprint density at radius 3 is 2.62 bits per heavy atom. The van der Waals surface area contributed by atoms with Crippen molar-refractivity contribution < 1.29 is 19.0 Å².